The van der Waals surface area contributed by atoms with E-state index in [1.165, 1.54) is 35.6 Å². The maximum atomic E-state index is 13.1. The molecule has 0 atom stereocenters. The van der Waals surface area contributed by atoms with E-state index in [0.29, 0.717) is 22.2 Å². The Morgan fingerprint density at radius 2 is 1.61 bits per heavy atom. The van der Waals surface area contributed by atoms with Crippen molar-refractivity contribution in [2.45, 2.75) is 13.2 Å². The Morgan fingerprint density at radius 1 is 0.939 bits per heavy atom. The number of carbonyl (C=O) groups excluding carboxylic acids is 1. The van der Waals surface area contributed by atoms with Gasteiger partial charge in [0.15, 0.2) is 11.5 Å². The molecule has 33 heavy (non-hydrogen) atoms. The zero-order chi connectivity index (χ0) is 23.2. The molecule has 1 heterocycles. The Kier molecular flexibility index (Phi) is 6.95. The first-order chi connectivity index (χ1) is 16.0. The summed E-state index contributed by atoms with van der Waals surface area (Å²) < 4.78 is 37.3. The van der Waals surface area contributed by atoms with Gasteiger partial charge in [0, 0.05) is 17.5 Å². The quantitative estimate of drug-likeness (QED) is 0.367. The van der Waals surface area contributed by atoms with Crippen LogP contribution in [0.1, 0.15) is 21.6 Å². The van der Waals surface area contributed by atoms with E-state index in [4.69, 9.17) is 9.47 Å². The first-order valence-corrected chi connectivity index (χ1v) is 10.9. The molecule has 1 N–H and O–H groups in total. The van der Waals surface area contributed by atoms with E-state index >= 15 is 0 Å². The number of thiazole rings is 1. The lowest BCUT2D eigenvalue weighted by Gasteiger charge is -2.12. The smallest absolute Gasteiger partial charge is 0.271 e. The number of methoxy groups -OCH3 is 1. The van der Waals surface area contributed by atoms with Gasteiger partial charge >= 0.3 is 0 Å². The SMILES string of the molecule is COc1cc(-c2nc(C(=O)NCc3ccc(F)cc3)cs2)ccc1OCc1ccc(F)cc1. The molecule has 0 saturated heterocycles. The number of halogens is 2. The second kappa shape index (κ2) is 10.2. The minimum absolute atomic E-state index is 0.269. The molecule has 1 amide bonds. The zero-order valence-electron chi connectivity index (χ0n) is 17.7. The molecule has 0 aliphatic carbocycles. The molecule has 168 valence electrons. The molecular weight excluding hydrogens is 446 g/mol. The van der Waals surface area contributed by atoms with Crippen molar-refractivity contribution < 1.29 is 23.0 Å². The number of nitrogens with one attached hydrogen (secondary N) is 1. The number of nitrogens with zero attached hydrogens (tertiary/aromatic N) is 1. The van der Waals surface area contributed by atoms with E-state index < -0.39 is 0 Å². The van der Waals surface area contributed by atoms with Crippen LogP contribution in [0.2, 0.25) is 0 Å². The molecule has 0 aliphatic rings. The second-order valence-electron chi connectivity index (χ2n) is 7.13. The molecule has 0 fully saturated rings. The van der Waals surface area contributed by atoms with Crippen LogP contribution < -0.4 is 14.8 Å². The fourth-order valence-electron chi connectivity index (χ4n) is 3.05. The summed E-state index contributed by atoms with van der Waals surface area (Å²) in [4.78, 5) is 16.9. The molecule has 0 saturated carbocycles. The molecule has 8 heteroatoms. The van der Waals surface area contributed by atoms with Crippen LogP contribution >= 0.6 is 11.3 Å². The van der Waals surface area contributed by atoms with Gasteiger partial charge in [-0.25, -0.2) is 13.8 Å². The van der Waals surface area contributed by atoms with Crippen LogP contribution in [0, 0.1) is 11.6 Å². The Morgan fingerprint density at radius 3 is 2.27 bits per heavy atom. The number of benzene rings is 3. The number of aromatic nitrogens is 1. The molecule has 4 aromatic rings. The van der Waals surface area contributed by atoms with Gasteiger partial charge in [0.2, 0.25) is 0 Å². The van der Waals surface area contributed by atoms with E-state index in [0.717, 1.165) is 16.7 Å². The van der Waals surface area contributed by atoms with Gasteiger partial charge in [0.05, 0.1) is 7.11 Å². The highest BCUT2D eigenvalue weighted by Crippen LogP contribution is 2.34. The summed E-state index contributed by atoms with van der Waals surface area (Å²) in [7, 11) is 1.54. The van der Waals surface area contributed by atoms with Crippen LogP contribution in [0.15, 0.2) is 72.1 Å². The lowest BCUT2D eigenvalue weighted by molar-refractivity contribution is 0.0946. The maximum absolute atomic E-state index is 13.1. The average molecular weight is 467 g/mol. The second-order valence-corrected chi connectivity index (χ2v) is 7.99. The van der Waals surface area contributed by atoms with E-state index in [9.17, 15) is 13.6 Å². The van der Waals surface area contributed by atoms with Crippen molar-refractivity contribution in [1.82, 2.24) is 10.3 Å². The van der Waals surface area contributed by atoms with Crippen molar-refractivity contribution in [3.8, 4) is 22.1 Å². The third-order valence-electron chi connectivity index (χ3n) is 4.82. The van der Waals surface area contributed by atoms with Gasteiger partial charge in [0.25, 0.3) is 5.91 Å². The maximum Gasteiger partial charge on any atom is 0.271 e. The van der Waals surface area contributed by atoms with Gasteiger partial charge in [-0.05, 0) is 53.6 Å². The third-order valence-corrected chi connectivity index (χ3v) is 5.71. The first kappa shape index (κ1) is 22.4. The van der Waals surface area contributed by atoms with E-state index in [-0.39, 0.29) is 30.7 Å². The van der Waals surface area contributed by atoms with Gasteiger partial charge in [-0.1, -0.05) is 24.3 Å². The van der Waals surface area contributed by atoms with Gasteiger partial charge in [-0.2, -0.15) is 0 Å². The number of ether oxygens (including phenoxy) is 2. The van der Waals surface area contributed by atoms with Crippen molar-refractivity contribution in [3.63, 3.8) is 0 Å². The molecule has 0 unspecified atom stereocenters. The molecule has 3 aromatic carbocycles. The van der Waals surface area contributed by atoms with E-state index in [2.05, 4.69) is 10.3 Å². The topological polar surface area (TPSA) is 60.5 Å². The largest absolute Gasteiger partial charge is 0.493 e. The average Bonchev–Trinajstić information content (AvgIpc) is 3.33. The minimum atomic E-state index is -0.323. The van der Waals surface area contributed by atoms with Crippen molar-refractivity contribution in [2.75, 3.05) is 7.11 Å². The van der Waals surface area contributed by atoms with E-state index in [1.54, 1.807) is 48.9 Å². The highest BCUT2D eigenvalue weighted by atomic mass is 32.1. The van der Waals surface area contributed by atoms with Gasteiger partial charge in [-0.15, -0.1) is 11.3 Å². The fourth-order valence-corrected chi connectivity index (χ4v) is 3.84. The lowest BCUT2D eigenvalue weighted by Crippen LogP contribution is -2.23. The van der Waals surface area contributed by atoms with Crippen LogP contribution in [-0.2, 0) is 13.2 Å². The molecule has 0 radical (unpaired) electrons. The van der Waals surface area contributed by atoms with Crippen LogP contribution in [0.4, 0.5) is 8.78 Å². The lowest BCUT2D eigenvalue weighted by atomic mass is 10.2. The summed E-state index contributed by atoms with van der Waals surface area (Å²) in [5.41, 5.74) is 2.70. The van der Waals surface area contributed by atoms with Crippen molar-refractivity contribution in [2.24, 2.45) is 0 Å². The molecule has 4 rings (SSSR count). The molecule has 0 bridgehead atoms. The first-order valence-electron chi connectivity index (χ1n) is 10.1. The summed E-state index contributed by atoms with van der Waals surface area (Å²) in [6.45, 7) is 0.547. The zero-order valence-corrected chi connectivity index (χ0v) is 18.5. The van der Waals surface area contributed by atoms with Crippen LogP contribution in [0.25, 0.3) is 10.6 Å². The summed E-state index contributed by atoms with van der Waals surface area (Å²) in [6, 6.07) is 17.4. The molecule has 5 nitrogen and oxygen atoms in total. The summed E-state index contributed by atoms with van der Waals surface area (Å²) >= 11 is 1.34. The normalized spacial score (nSPS) is 10.6. The number of amides is 1. The number of hydrogen-bond acceptors (Lipinski definition) is 5. The number of rotatable bonds is 8. The predicted molar refractivity (Wildman–Crippen MR) is 122 cm³/mol. The Bertz CT molecular complexity index is 1240. The Labute approximate surface area is 193 Å². The summed E-state index contributed by atoms with van der Waals surface area (Å²) in [5.74, 6) is 0.128. The third kappa shape index (κ3) is 5.72. The van der Waals surface area contributed by atoms with Crippen molar-refractivity contribution >= 4 is 17.2 Å². The number of carbonyl (C=O) groups is 1. The van der Waals surface area contributed by atoms with Crippen LogP contribution in [-0.4, -0.2) is 18.0 Å². The van der Waals surface area contributed by atoms with Gasteiger partial charge in [0.1, 0.15) is 28.9 Å². The van der Waals surface area contributed by atoms with Gasteiger partial charge < -0.3 is 14.8 Å². The fraction of sp³-hybridized carbons (Fsp3) is 0.120. The Hall–Kier alpha value is -3.78. The predicted octanol–water partition coefficient (Wildman–Crippen LogP) is 5.61. The Balaban J connectivity index is 1.41. The standard InChI is InChI=1S/C25H20F2N2O3S/c1-31-23-12-18(6-11-22(23)32-14-17-4-9-20(27)10-5-17)25-29-21(15-33-25)24(30)28-13-16-2-7-19(26)8-3-16/h2-12,15H,13-14H2,1H3,(H,28,30). The van der Waals surface area contributed by atoms with Crippen molar-refractivity contribution in [3.05, 3.63) is 101 Å². The van der Waals surface area contributed by atoms with Crippen LogP contribution in [0.5, 0.6) is 11.5 Å². The molecule has 0 aliphatic heterocycles. The summed E-state index contributed by atoms with van der Waals surface area (Å²) in [5, 5.41) is 5.12. The van der Waals surface area contributed by atoms with E-state index in [1.807, 2.05) is 6.07 Å². The van der Waals surface area contributed by atoms with Crippen LogP contribution in [0.3, 0.4) is 0 Å². The highest BCUT2D eigenvalue weighted by Gasteiger charge is 2.14. The molecule has 0 spiro atoms. The van der Waals surface area contributed by atoms with Gasteiger partial charge in [-0.3, -0.25) is 4.79 Å². The monoisotopic (exact) mass is 466 g/mol. The molecular formula is C25H20F2N2O3S. The van der Waals surface area contributed by atoms with Crippen molar-refractivity contribution in [1.29, 1.82) is 0 Å². The minimum Gasteiger partial charge on any atom is -0.493 e. The number of hydrogen-bond donors (Lipinski definition) is 1. The molecule has 1 aromatic heterocycles. The summed E-state index contributed by atoms with van der Waals surface area (Å²) in [6.07, 6.45) is 0. The highest BCUT2D eigenvalue weighted by molar-refractivity contribution is 7.13.